The Labute approximate surface area is 213 Å². The van der Waals surface area contributed by atoms with Gasteiger partial charge in [-0.3, -0.25) is 14.7 Å². The van der Waals surface area contributed by atoms with Gasteiger partial charge in [0.2, 0.25) is 0 Å². The topological polar surface area (TPSA) is 88.7 Å². The number of nitrogens with two attached hydrogens (primary N) is 1. The summed E-state index contributed by atoms with van der Waals surface area (Å²) in [6, 6.07) is 8.51. The van der Waals surface area contributed by atoms with Crippen LogP contribution in [0.5, 0.6) is 5.75 Å². The molecule has 0 radical (unpaired) electrons. The summed E-state index contributed by atoms with van der Waals surface area (Å²) in [4.78, 5) is 18.3. The van der Waals surface area contributed by atoms with Crippen molar-refractivity contribution in [2.45, 2.75) is 25.3 Å². The molecule has 0 unspecified atom stereocenters. The molecule has 0 saturated carbocycles. The zero-order valence-electron chi connectivity index (χ0n) is 20.4. The van der Waals surface area contributed by atoms with Crippen LogP contribution in [0.2, 0.25) is 0 Å². The third-order valence-electron chi connectivity index (χ3n) is 6.91. The fourth-order valence-corrected chi connectivity index (χ4v) is 4.88. The number of pyridine rings is 1. The zero-order chi connectivity index (χ0) is 26.5. The van der Waals surface area contributed by atoms with Gasteiger partial charge in [-0.25, -0.2) is 13.2 Å². The number of halogens is 3. The van der Waals surface area contributed by atoms with Crippen LogP contribution in [0.25, 0.3) is 10.9 Å². The number of carboxylic acids is 1. The molecule has 0 spiro atoms. The Kier molecular flexibility index (Phi) is 8.31. The maximum absolute atomic E-state index is 13.8. The number of aromatic nitrogens is 1. The van der Waals surface area contributed by atoms with E-state index in [9.17, 15) is 23.1 Å². The van der Waals surface area contributed by atoms with Crippen LogP contribution in [0.1, 0.15) is 36.4 Å². The van der Waals surface area contributed by atoms with E-state index in [1.165, 1.54) is 0 Å². The Morgan fingerprint density at radius 1 is 1.27 bits per heavy atom. The van der Waals surface area contributed by atoms with Crippen molar-refractivity contribution in [2.24, 2.45) is 17.6 Å². The number of benzene rings is 2. The standard InChI is InChI=1S/C28H28F3N3O3/c1-37-20-5-7-26-22(15-20)21(8-10-33-26)25(32)6-4-17-9-12-34(16-23(17)28(35)36)11-2-3-18-13-19(29)14-24(30)27(18)31/h5,7-8,10,13-15,17,23,25H,4,6,9,11-12,16,32H2,1H3,(H,35,36)/t17-,23+,25-/m1/s1. The summed E-state index contributed by atoms with van der Waals surface area (Å²) in [6.07, 6.45) is 3.60. The predicted molar refractivity (Wildman–Crippen MR) is 133 cm³/mol. The molecule has 0 aliphatic carbocycles. The first-order chi connectivity index (χ1) is 17.8. The molecule has 3 N–H and O–H groups in total. The van der Waals surface area contributed by atoms with E-state index in [1.807, 2.05) is 29.2 Å². The minimum Gasteiger partial charge on any atom is -0.497 e. The summed E-state index contributed by atoms with van der Waals surface area (Å²) in [5, 5.41) is 10.8. The number of hydrogen-bond acceptors (Lipinski definition) is 5. The Balaban J connectivity index is 1.39. The van der Waals surface area contributed by atoms with E-state index in [4.69, 9.17) is 10.5 Å². The van der Waals surface area contributed by atoms with E-state index in [0.29, 0.717) is 37.6 Å². The molecule has 1 aromatic heterocycles. The number of rotatable bonds is 7. The lowest BCUT2D eigenvalue weighted by molar-refractivity contribution is -0.146. The maximum atomic E-state index is 13.8. The molecule has 1 aliphatic heterocycles. The number of ether oxygens (including phenoxy) is 1. The van der Waals surface area contributed by atoms with Crippen LogP contribution >= 0.6 is 0 Å². The van der Waals surface area contributed by atoms with Crippen molar-refractivity contribution in [2.75, 3.05) is 26.7 Å². The van der Waals surface area contributed by atoms with E-state index < -0.39 is 29.3 Å². The summed E-state index contributed by atoms with van der Waals surface area (Å²) < 4.78 is 45.9. The number of methoxy groups -OCH3 is 1. The predicted octanol–water partition coefficient (Wildman–Crippen LogP) is 4.52. The second-order valence-corrected chi connectivity index (χ2v) is 9.25. The van der Waals surface area contributed by atoms with Gasteiger partial charge in [0.1, 0.15) is 11.6 Å². The SMILES string of the molecule is COc1ccc2nccc([C@H](N)CC[C@@H]3CCN(CC#Cc4cc(F)cc(F)c4F)C[C@@H]3C(=O)O)c2c1. The summed E-state index contributed by atoms with van der Waals surface area (Å²) in [7, 11) is 1.60. The zero-order valence-corrected chi connectivity index (χ0v) is 20.4. The molecular weight excluding hydrogens is 483 g/mol. The second kappa shape index (κ2) is 11.6. The number of carbonyl (C=O) groups is 1. The van der Waals surface area contributed by atoms with Gasteiger partial charge in [-0.1, -0.05) is 11.8 Å². The van der Waals surface area contributed by atoms with Gasteiger partial charge in [0.15, 0.2) is 11.6 Å². The summed E-state index contributed by atoms with van der Waals surface area (Å²) in [5.41, 5.74) is 7.93. The van der Waals surface area contributed by atoms with Crippen LogP contribution in [0.4, 0.5) is 13.2 Å². The van der Waals surface area contributed by atoms with Gasteiger partial charge >= 0.3 is 5.97 Å². The van der Waals surface area contributed by atoms with Gasteiger partial charge in [0.25, 0.3) is 0 Å². The van der Waals surface area contributed by atoms with E-state index >= 15 is 0 Å². The van der Waals surface area contributed by atoms with Crippen LogP contribution in [0, 0.1) is 41.1 Å². The van der Waals surface area contributed by atoms with Crippen molar-refractivity contribution < 1.29 is 27.8 Å². The molecule has 4 rings (SSSR count). The van der Waals surface area contributed by atoms with Crippen molar-refractivity contribution in [3.05, 3.63) is 71.2 Å². The summed E-state index contributed by atoms with van der Waals surface area (Å²) >= 11 is 0. The number of nitrogens with zero attached hydrogens (tertiary/aromatic N) is 2. The Bertz CT molecular complexity index is 1350. The summed E-state index contributed by atoms with van der Waals surface area (Å²) in [6.45, 7) is 1.05. The highest BCUT2D eigenvalue weighted by atomic mass is 19.2. The molecule has 37 heavy (non-hydrogen) atoms. The van der Waals surface area contributed by atoms with E-state index in [1.54, 1.807) is 13.3 Å². The molecule has 6 nitrogen and oxygen atoms in total. The Hall–Kier alpha value is -3.61. The molecule has 1 aliphatic rings. The largest absolute Gasteiger partial charge is 0.497 e. The lowest BCUT2D eigenvalue weighted by atomic mass is 9.81. The minimum atomic E-state index is -1.30. The first kappa shape index (κ1) is 26.5. The van der Waals surface area contributed by atoms with Crippen molar-refractivity contribution in [3.8, 4) is 17.6 Å². The van der Waals surface area contributed by atoms with Crippen molar-refractivity contribution >= 4 is 16.9 Å². The van der Waals surface area contributed by atoms with E-state index in [2.05, 4.69) is 16.8 Å². The van der Waals surface area contributed by atoms with Crippen LogP contribution in [-0.4, -0.2) is 47.7 Å². The van der Waals surface area contributed by atoms with Crippen LogP contribution in [0.3, 0.4) is 0 Å². The van der Waals surface area contributed by atoms with Crippen LogP contribution in [0.15, 0.2) is 42.6 Å². The number of likely N-dealkylation sites (tertiary alicyclic amines) is 1. The number of hydrogen-bond donors (Lipinski definition) is 2. The number of carboxylic acid groups (broad SMARTS) is 1. The fourth-order valence-electron chi connectivity index (χ4n) is 4.88. The van der Waals surface area contributed by atoms with Crippen molar-refractivity contribution in [1.29, 1.82) is 0 Å². The van der Waals surface area contributed by atoms with Gasteiger partial charge in [-0.05, 0) is 67.6 Å². The molecule has 1 saturated heterocycles. The average Bonchev–Trinajstić information content (AvgIpc) is 2.89. The lowest BCUT2D eigenvalue weighted by Gasteiger charge is -2.36. The first-order valence-corrected chi connectivity index (χ1v) is 12.0. The highest BCUT2D eigenvalue weighted by molar-refractivity contribution is 5.84. The molecule has 2 heterocycles. The minimum absolute atomic E-state index is 0.0647. The summed E-state index contributed by atoms with van der Waals surface area (Å²) in [5.74, 6) is 0.895. The second-order valence-electron chi connectivity index (χ2n) is 9.25. The monoisotopic (exact) mass is 511 g/mol. The fraction of sp³-hybridized carbons (Fsp3) is 0.357. The van der Waals surface area contributed by atoms with Crippen molar-refractivity contribution in [1.82, 2.24) is 9.88 Å². The normalized spacial score (nSPS) is 18.7. The quantitative estimate of drug-likeness (QED) is 0.358. The van der Waals surface area contributed by atoms with Crippen LogP contribution in [-0.2, 0) is 4.79 Å². The molecule has 1 fully saturated rings. The number of fused-ring (bicyclic) bond motifs is 1. The third kappa shape index (κ3) is 6.21. The molecule has 194 valence electrons. The first-order valence-electron chi connectivity index (χ1n) is 12.0. The number of aliphatic carboxylic acids is 1. The van der Waals surface area contributed by atoms with E-state index in [-0.39, 0.29) is 30.6 Å². The van der Waals surface area contributed by atoms with Gasteiger partial charge in [0.05, 0.1) is 30.7 Å². The molecule has 2 aromatic carbocycles. The van der Waals surface area contributed by atoms with Gasteiger partial charge in [-0.15, -0.1) is 0 Å². The Morgan fingerprint density at radius 3 is 2.84 bits per heavy atom. The van der Waals surface area contributed by atoms with Gasteiger partial charge < -0.3 is 15.6 Å². The maximum Gasteiger partial charge on any atom is 0.308 e. The van der Waals surface area contributed by atoms with Gasteiger partial charge in [-0.2, -0.15) is 0 Å². The molecule has 9 heteroatoms. The van der Waals surface area contributed by atoms with E-state index in [0.717, 1.165) is 22.5 Å². The molecule has 0 amide bonds. The Morgan fingerprint density at radius 2 is 2.08 bits per heavy atom. The van der Waals surface area contributed by atoms with Crippen molar-refractivity contribution in [3.63, 3.8) is 0 Å². The smallest absolute Gasteiger partial charge is 0.308 e. The van der Waals surface area contributed by atoms with Crippen LogP contribution < -0.4 is 10.5 Å². The highest BCUT2D eigenvalue weighted by Crippen LogP contribution is 2.33. The molecule has 3 atom stereocenters. The third-order valence-corrected chi connectivity index (χ3v) is 6.91. The molecule has 3 aromatic rings. The highest BCUT2D eigenvalue weighted by Gasteiger charge is 2.34. The molecule has 0 bridgehead atoms. The average molecular weight is 512 g/mol. The number of piperidine rings is 1. The lowest BCUT2D eigenvalue weighted by Crippen LogP contribution is -2.44. The molecular formula is C28H28F3N3O3. The van der Waals surface area contributed by atoms with Gasteiger partial charge in [0, 0.05) is 30.2 Å².